The third kappa shape index (κ3) is 4.21. The maximum absolute atomic E-state index is 12.7. The molecule has 0 aromatic carbocycles. The van der Waals surface area contributed by atoms with E-state index in [1.165, 1.54) is 0 Å². The van der Waals surface area contributed by atoms with E-state index in [-0.39, 0.29) is 5.92 Å². The van der Waals surface area contributed by atoms with Crippen LogP contribution in [-0.2, 0) is 16.6 Å². The van der Waals surface area contributed by atoms with E-state index in [9.17, 15) is 8.42 Å². The predicted octanol–water partition coefficient (Wildman–Crippen LogP) is 3.42. The highest BCUT2D eigenvalue weighted by Gasteiger charge is 2.32. The summed E-state index contributed by atoms with van der Waals surface area (Å²) >= 11 is 3.53. The van der Waals surface area contributed by atoms with Crippen molar-refractivity contribution in [3.8, 4) is 0 Å². The lowest BCUT2D eigenvalue weighted by Gasteiger charge is -2.33. The summed E-state index contributed by atoms with van der Waals surface area (Å²) in [5.41, 5.74) is 2.65. The van der Waals surface area contributed by atoms with Crippen LogP contribution in [0.25, 0.3) is 5.65 Å². The summed E-state index contributed by atoms with van der Waals surface area (Å²) in [5, 5.41) is 7.42. The average Bonchev–Trinajstić information content (AvgIpc) is 3.13. The molecule has 0 aliphatic carbocycles. The number of hydrogen-bond acceptors (Lipinski definition) is 6. The van der Waals surface area contributed by atoms with E-state index in [1.54, 1.807) is 35.1 Å². The minimum atomic E-state index is -3.28. The fourth-order valence-corrected chi connectivity index (χ4v) is 5.41. The molecule has 0 radical (unpaired) electrons. The van der Waals surface area contributed by atoms with Gasteiger partial charge in [-0.25, -0.2) is 17.7 Å². The Kier molecular flexibility index (Phi) is 6.08. The second-order valence-electron chi connectivity index (χ2n) is 7.80. The summed E-state index contributed by atoms with van der Waals surface area (Å²) in [5.74, 6) is 0.853. The van der Waals surface area contributed by atoms with Crippen LogP contribution in [0, 0.1) is 0 Å². The normalized spacial score (nSPS) is 18.2. The van der Waals surface area contributed by atoms with E-state index in [0.717, 1.165) is 34.4 Å². The molecule has 1 fully saturated rings. The number of anilines is 1. The van der Waals surface area contributed by atoms with Gasteiger partial charge < -0.3 is 5.32 Å². The number of piperidine rings is 1. The highest BCUT2D eigenvalue weighted by molar-refractivity contribution is 9.10. The van der Waals surface area contributed by atoms with E-state index >= 15 is 0 Å². The van der Waals surface area contributed by atoms with E-state index in [1.807, 2.05) is 24.4 Å². The molecule has 3 aromatic rings. The Balaban J connectivity index is 1.65. The van der Waals surface area contributed by atoms with Crippen molar-refractivity contribution < 1.29 is 8.42 Å². The van der Waals surface area contributed by atoms with E-state index < -0.39 is 15.3 Å². The van der Waals surface area contributed by atoms with Crippen LogP contribution in [0.3, 0.4) is 0 Å². The maximum Gasteiger partial charge on any atom is 0.216 e. The van der Waals surface area contributed by atoms with Crippen molar-refractivity contribution in [2.45, 2.75) is 44.4 Å². The van der Waals surface area contributed by atoms with Crippen molar-refractivity contribution >= 4 is 37.4 Å². The molecule has 1 atom stereocenters. The Labute approximate surface area is 184 Å². The standard InChI is InChI=1S/C20H25BrN6O2S/c1-14(2)30(28,29)26-8-4-6-16(13-26)18-9-19(23-11-15-5-3-7-22-10-15)27-20(25-18)17(21)12-24-27/h3,5,7,9-10,12,14,16,23H,4,6,8,11,13H2,1-2H3. The van der Waals surface area contributed by atoms with Gasteiger partial charge in [0.05, 0.1) is 21.6 Å². The molecule has 10 heteroatoms. The van der Waals surface area contributed by atoms with Crippen LogP contribution in [0.1, 0.15) is 43.9 Å². The molecule has 1 N–H and O–H groups in total. The Morgan fingerprint density at radius 1 is 1.33 bits per heavy atom. The SMILES string of the molecule is CC(C)S(=O)(=O)N1CCCC(c2cc(NCc3cccnc3)n3ncc(Br)c3n2)C1. The number of nitrogens with zero attached hydrogens (tertiary/aromatic N) is 5. The Hall–Kier alpha value is -2.04. The molecule has 1 aliphatic rings. The zero-order chi connectivity index (χ0) is 21.3. The molecule has 160 valence electrons. The second kappa shape index (κ2) is 8.60. The van der Waals surface area contributed by atoms with Gasteiger partial charge in [0.15, 0.2) is 5.65 Å². The number of hydrogen-bond donors (Lipinski definition) is 1. The summed E-state index contributed by atoms with van der Waals surface area (Å²) in [7, 11) is -3.28. The zero-order valence-corrected chi connectivity index (χ0v) is 19.4. The molecule has 4 rings (SSSR count). The summed E-state index contributed by atoms with van der Waals surface area (Å²) in [6.45, 7) is 5.09. The molecule has 4 heterocycles. The molecule has 0 amide bonds. The Morgan fingerprint density at radius 2 is 2.17 bits per heavy atom. The highest BCUT2D eigenvalue weighted by atomic mass is 79.9. The predicted molar refractivity (Wildman–Crippen MR) is 120 cm³/mol. The molecule has 1 aliphatic heterocycles. The van der Waals surface area contributed by atoms with Gasteiger partial charge in [-0.2, -0.15) is 9.61 Å². The van der Waals surface area contributed by atoms with Crippen molar-refractivity contribution in [3.05, 3.63) is 52.5 Å². The van der Waals surface area contributed by atoms with Gasteiger partial charge in [-0.05, 0) is 54.2 Å². The fraction of sp³-hybridized carbons (Fsp3) is 0.450. The number of fused-ring (bicyclic) bond motifs is 1. The largest absolute Gasteiger partial charge is 0.366 e. The summed E-state index contributed by atoms with van der Waals surface area (Å²) in [6.07, 6.45) is 7.01. The van der Waals surface area contributed by atoms with Gasteiger partial charge in [-0.15, -0.1) is 0 Å². The Bertz CT molecular complexity index is 1130. The monoisotopic (exact) mass is 492 g/mol. The molecule has 1 saturated heterocycles. The molecular weight excluding hydrogens is 468 g/mol. The van der Waals surface area contributed by atoms with E-state index in [2.05, 4.69) is 31.3 Å². The quantitative estimate of drug-likeness (QED) is 0.566. The molecule has 0 bridgehead atoms. The lowest BCUT2D eigenvalue weighted by molar-refractivity contribution is 0.310. The number of nitrogens with one attached hydrogen (secondary N) is 1. The summed E-state index contributed by atoms with van der Waals surface area (Å²) in [6, 6.07) is 5.90. The molecule has 30 heavy (non-hydrogen) atoms. The van der Waals surface area contributed by atoms with Crippen LogP contribution in [0.5, 0.6) is 0 Å². The summed E-state index contributed by atoms with van der Waals surface area (Å²) in [4.78, 5) is 8.97. The van der Waals surface area contributed by atoms with Gasteiger partial charge in [0.25, 0.3) is 0 Å². The zero-order valence-electron chi connectivity index (χ0n) is 17.0. The van der Waals surface area contributed by atoms with Crippen molar-refractivity contribution in [1.82, 2.24) is 23.9 Å². The van der Waals surface area contributed by atoms with Gasteiger partial charge in [-0.3, -0.25) is 4.98 Å². The topological polar surface area (TPSA) is 92.5 Å². The lowest BCUT2D eigenvalue weighted by Crippen LogP contribution is -2.42. The fourth-order valence-electron chi connectivity index (χ4n) is 3.70. The highest BCUT2D eigenvalue weighted by Crippen LogP contribution is 2.31. The molecule has 0 saturated carbocycles. The number of rotatable bonds is 6. The van der Waals surface area contributed by atoms with Crippen molar-refractivity contribution in [1.29, 1.82) is 0 Å². The van der Waals surface area contributed by atoms with Gasteiger partial charge in [0, 0.05) is 44.0 Å². The smallest absolute Gasteiger partial charge is 0.216 e. The van der Waals surface area contributed by atoms with Gasteiger partial charge >= 0.3 is 0 Å². The van der Waals surface area contributed by atoms with E-state index in [0.29, 0.717) is 25.3 Å². The average molecular weight is 493 g/mol. The summed E-state index contributed by atoms with van der Waals surface area (Å²) < 4.78 is 29.5. The van der Waals surface area contributed by atoms with Crippen LogP contribution >= 0.6 is 15.9 Å². The van der Waals surface area contributed by atoms with Crippen molar-refractivity contribution in [2.75, 3.05) is 18.4 Å². The number of pyridine rings is 1. The first kappa shape index (κ1) is 21.2. The second-order valence-corrected chi connectivity index (χ2v) is 11.1. The van der Waals surface area contributed by atoms with Crippen LogP contribution in [0.4, 0.5) is 5.82 Å². The van der Waals surface area contributed by atoms with Crippen LogP contribution in [0.15, 0.2) is 41.3 Å². The number of halogens is 1. The van der Waals surface area contributed by atoms with Crippen LogP contribution < -0.4 is 5.32 Å². The molecule has 8 nitrogen and oxygen atoms in total. The first-order chi connectivity index (χ1) is 14.4. The van der Waals surface area contributed by atoms with Crippen molar-refractivity contribution in [3.63, 3.8) is 0 Å². The third-order valence-corrected chi connectivity index (χ3v) is 8.21. The first-order valence-corrected chi connectivity index (χ1v) is 12.3. The van der Waals surface area contributed by atoms with Gasteiger partial charge in [0.2, 0.25) is 10.0 Å². The first-order valence-electron chi connectivity index (χ1n) is 10.0. The minimum absolute atomic E-state index is 0.0398. The van der Waals surface area contributed by atoms with Gasteiger partial charge in [0.1, 0.15) is 5.82 Å². The number of aromatic nitrogens is 4. The van der Waals surface area contributed by atoms with E-state index in [4.69, 9.17) is 4.98 Å². The minimum Gasteiger partial charge on any atom is -0.366 e. The Morgan fingerprint density at radius 3 is 2.90 bits per heavy atom. The van der Waals surface area contributed by atoms with Crippen LogP contribution in [-0.4, -0.2) is 50.6 Å². The molecule has 1 unspecified atom stereocenters. The molecule has 0 spiro atoms. The molecule has 3 aromatic heterocycles. The van der Waals surface area contributed by atoms with Crippen LogP contribution in [0.2, 0.25) is 0 Å². The third-order valence-electron chi connectivity index (χ3n) is 5.40. The van der Waals surface area contributed by atoms with Crippen molar-refractivity contribution in [2.24, 2.45) is 0 Å². The van der Waals surface area contributed by atoms with Gasteiger partial charge in [-0.1, -0.05) is 6.07 Å². The maximum atomic E-state index is 12.7. The number of sulfonamides is 1. The molecular formula is C20H25BrN6O2S. The lowest BCUT2D eigenvalue weighted by atomic mass is 9.96.